The Hall–Kier alpha value is -0.120. The molecular formula is C15H32N2O. The minimum absolute atomic E-state index is 0.304. The highest BCUT2D eigenvalue weighted by molar-refractivity contribution is 4.89. The van der Waals surface area contributed by atoms with Crippen LogP contribution in [0.4, 0.5) is 0 Å². The van der Waals surface area contributed by atoms with Gasteiger partial charge in [0.2, 0.25) is 0 Å². The van der Waals surface area contributed by atoms with Gasteiger partial charge in [0.25, 0.3) is 0 Å². The summed E-state index contributed by atoms with van der Waals surface area (Å²) in [5.41, 5.74) is 0.307. The number of rotatable bonds is 7. The van der Waals surface area contributed by atoms with Gasteiger partial charge in [-0.15, -0.1) is 0 Å². The lowest BCUT2D eigenvalue weighted by Crippen LogP contribution is -2.46. The van der Waals surface area contributed by atoms with Gasteiger partial charge in [-0.3, -0.25) is 4.90 Å². The zero-order valence-electron chi connectivity index (χ0n) is 12.9. The van der Waals surface area contributed by atoms with Crippen molar-refractivity contribution in [1.82, 2.24) is 10.2 Å². The number of likely N-dealkylation sites (tertiary alicyclic amines) is 1. The van der Waals surface area contributed by atoms with E-state index in [0.29, 0.717) is 30.0 Å². The third-order valence-electron chi connectivity index (χ3n) is 4.56. The van der Waals surface area contributed by atoms with Crippen LogP contribution in [0, 0.1) is 11.3 Å². The van der Waals surface area contributed by atoms with Crippen molar-refractivity contribution in [1.29, 1.82) is 0 Å². The predicted molar refractivity (Wildman–Crippen MR) is 77.8 cm³/mol. The topological polar surface area (TPSA) is 35.5 Å². The Kier molecular flexibility index (Phi) is 6.09. The van der Waals surface area contributed by atoms with Crippen LogP contribution in [-0.2, 0) is 0 Å². The molecule has 2 N–H and O–H groups in total. The Labute approximate surface area is 113 Å². The van der Waals surface area contributed by atoms with Crippen LogP contribution in [0.25, 0.3) is 0 Å². The number of hydrogen-bond acceptors (Lipinski definition) is 3. The number of nitrogens with one attached hydrogen (secondary N) is 1. The molecule has 1 rings (SSSR count). The average molecular weight is 256 g/mol. The fourth-order valence-electron chi connectivity index (χ4n) is 2.81. The van der Waals surface area contributed by atoms with Gasteiger partial charge in [-0.05, 0) is 30.7 Å². The Morgan fingerprint density at radius 1 is 1.44 bits per heavy atom. The molecule has 1 aliphatic rings. The second-order valence-electron chi connectivity index (χ2n) is 6.69. The molecule has 18 heavy (non-hydrogen) atoms. The summed E-state index contributed by atoms with van der Waals surface area (Å²) in [7, 11) is 0. The Morgan fingerprint density at radius 3 is 2.61 bits per heavy atom. The largest absolute Gasteiger partial charge is 0.395 e. The van der Waals surface area contributed by atoms with Crippen LogP contribution in [0.3, 0.4) is 0 Å². The maximum Gasteiger partial charge on any atom is 0.0589 e. The molecule has 0 radical (unpaired) electrons. The first-order valence-electron chi connectivity index (χ1n) is 7.50. The van der Waals surface area contributed by atoms with E-state index in [2.05, 4.69) is 44.8 Å². The molecule has 108 valence electrons. The van der Waals surface area contributed by atoms with Crippen molar-refractivity contribution in [2.24, 2.45) is 11.3 Å². The second-order valence-corrected chi connectivity index (χ2v) is 6.69. The molecule has 3 heteroatoms. The Bertz CT molecular complexity index is 245. The van der Waals surface area contributed by atoms with E-state index in [1.54, 1.807) is 0 Å². The van der Waals surface area contributed by atoms with Crippen molar-refractivity contribution in [2.45, 2.75) is 59.5 Å². The average Bonchev–Trinajstić information content (AvgIpc) is 2.67. The molecule has 3 nitrogen and oxygen atoms in total. The van der Waals surface area contributed by atoms with Gasteiger partial charge in [0.1, 0.15) is 0 Å². The van der Waals surface area contributed by atoms with E-state index >= 15 is 0 Å². The SMILES string of the molecule is CCC(C)(CNC(C)C)CN1CCC(C)C1CO. The van der Waals surface area contributed by atoms with E-state index in [4.69, 9.17) is 0 Å². The Morgan fingerprint density at radius 2 is 2.11 bits per heavy atom. The lowest BCUT2D eigenvalue weighted by Gasteiger charge is -2.36. The van der Waals surface area contributed by atoms with Gasteiger partial charge in [-0.1, -0.05) is 34.6 Å². The predicted octanol–water partition coefficient (Wildman–Crippen LogP) is 2.10. The van der Waals surface area contributed by atoms with Gasteiger partial charge in [0, 0.05) is 25.2 Å². The summed E-state index contributed by atoms with van der Waals surface area (Å²) in [5.74, 6) is 0.633. The molecule has 0 aliphatic carbocycles. The molecular weight excluding hydrogens is 224 g/mol. The van der Waals surface area contributed by atoms with Gasteiger partial charge < -0.3 is 10.4 Å². The lowest BCUT2D eigenvalue weighted by atomic mass is 9.86. The van der Waals surface area contributed by atoms with Crippen LogP contribution >= 0.6 is 0 Å². The third-order valence-corrected chi connectivity index (χ3v) is 4.56. The van der Waals surface area contributed by atoms with Gasteiger partial charge in [0.15, 0.2) is 0 Å². The van der Waals surface area contributed by atoms with Crippen LogP contribution in [0.5, 0.6) is 0 Å². The summed E-state index contributed by atoms with van der Waals surface area (Å²) < 4.78 is 0. The van der Waals surface area contributed by atoms with E-state index in [-0.39, 0.29) is 0 Å². The first kappa shape index (κ1) is 15.9. The maximum absolute atomic E-state index is 9.54. The number of hydrogen-bond donors (Lipinski definition) is 2. The minimum atomic E-state index is 0.304. The van der Waals surface area contributed by atoms with E-state index in [1.807, 2.05) is 0 Å². The zero-order valence-corrected chi connectivity index (χ0v) is 12.9. The summed E-state index contributed by atoms with van der Waals surface area (Å²) in [5, 5.41) is 13.1. The van der Waals surface area contributed by atoms with Crippen LogP contribution in [-0.4, -0.2) is 48.3 Å². The second kappa shape index (κ2) is 6.88. The molecule has 0 bridgehead atoms. The first-order valence-corrected chi connectivity index (χ1v) is 7.50. The van der Waals surface area contributed by atoms with E-state index < -0.39 is 0 Å². The molecule has 1 aliphatic heterocycles. The molecule has 0 amide bonds. The summed E-state index contributed by atoms with van der Waals surface area (Å²) in [6.07, 6.45) is 2.40. The highest BCUT2D eigenvalue weighted by atomic mass is 16.3. The van der Waals surface area contributed by atoms with E-state index in [1.165, 1.54) is 12.8 Å². The van der Waals surface area contributed by atoms with E-state index in [0.717, 1.165) is 19.6 Å². The normalized spacial score (nSPS) is 28.8. The number of aliphatic hydroxyl groups is 1. The summed E-state index contributed by atoms with van der Waals surface area (Å²) >= 11 is 0. The standard InChI is InChI=1S/C15H32N2O/c1-6-15(5,10-16-12(2)3)11-17-8-7-13(4)14(17)9-18/h12-14,16,18H,6-11H2,1-5H3. The van der Waals surface area contributed by atoms with Crippen LogP contribution in [0.1, 0.15) is 47.5 Å². The smallest absolute Gasteiger partial charge is 0.0589 e. The highest BCUT2D eigenvalue weighted by Crippen LogP contribution is 2.29. The van der Waals surface area contributed by atoms with E-state index in [9.17, 15) is 5.11 Å². The molecule has 0 aromatic carbocycles. The maximum atomic E-state index is 9.54. The molecule has 1 saturated heterocycles. The van der Waals surface area contributed by atoms with Gasteiger partial charge in [-0.25, -0.2) is 0 Å². The fraction of sp³-hybridized carbons (Fsp3) is 1.00. The highest BCUT2D eigenvalue weighted by Gasteiger charge is 2.35. The lowest BCUT2D eigenvalue weighted by molar-refractivity contribution is 0.0924. The monoisotopic (exact) mass is 256 g/mol. The van der Waals surface area contributed by atoms with Crippen LogP contribution < -0.4 is 5.32 Å². The molecule has 1 heterocycles. The van der Waals surface area contributed by atoms with Crippen molar-refractivity contribution in [3.63, 3.8) is 0 Å². The minimum Gasteiger partial charge on any atom is -0.395 e. The molecule has 0 aromatic heterocycles. The summed E-state index contributed by atoms with van der Waals surface area (Å²) in [4.78, 5) is 2.50. The van der Waals surface area contributed by atoms with Gasteiger partial charge in [0.05, 0.1) is 6.61 Å². The zero-order chi connectivity index (χ0) is 13.8. The van der Waals surface area contributed by atoms with Crippen molar-refractivity contribution in [3.05, 3.63) is 0 Å². The van der Waals surface area contributed by atoms with Gasteiger partial charge in [-0.2, -0.15) is 0 Å². The first-order chi connectivity index (χ1) is 8.41. The number of nitrogens with zero attached hydrogens (tertiary/aromatic N) is 1. The molecule has 3 atom stereocenters. The van der Waals surface area contributed by atoms with Crippen molar-refractivity contribution >= 4 is 0 Å². The van der Waals surface area contributed by atoms with Crippen LogP contribution in [0.2, 0.25) is 0 Å². The molecule has 0 saturated carbocycles. The molecule has 1 fully saturated rings. The molecule has 3 unspecified atom stereocenters. The fourth-order valence-corrected chi connectivity index (χ4v) is 2.81. The van der Waals surface area contributed by atoms with Crippen molar-refractivity contribution in [3.8, 4) is 0 Å². The quantitative estimate of drug-likeness (QED) is 0.732. The van der Waals surface area contributed by atoms with Gasteiger partial charge >= 0.3 is 0 Å². The summed E-state index contributed by atoms with van der Waals surface area (Å²) in [6, 6.07) is 0.914. The summed E-state index contributed by atoms with van der Waals surface area (Å²) in [6.45, 7) is 14.9. The van der Waals surface area contributed by atoms with Crippen molar-refractivity contribution in [2.75, 3.05) is 26.2 Å². The van der Waals surface area contributed by atoms with Crippen LogP contribution in [0.15, 0.2) is 0 Å². The molecule has 0 aromatic rings. The number of aliphatic hydroxyl groups excluding tert-OH is 1. The van der Waals surface area contributed by atoms with Crippen molar-refractivity contribution < 1.29 is 5.11 Å². The Balaban J connectivity index is 2.56. The third kappa shape index (κ3) is 4.22. The molecule has 0 spiro atoms.